The molecule has 0 spiro atoms. The third kappa shape index (κ3) is 5.40. The molecule has 0 aliphatic carbocycles. The molecule has 0 saturated carbocycles. The summed E-state index contributed by atoms with van der Waals surface area (Å²) in [5.41, 5.74) is 2.17. The Kier molecular flexibility index (Phi) is 6.70. The Balaban J connectivity index is 1.68. The van der Waals surface area contributed by atoms with Crippen molar-refractivity contribution in [3.8, 4) is 0 Å². The highest BCUT2D eigenvalue weighted by atomic mass is 16.6. The van der Waals surface area contributed by atoms with Gasteiger partial charge < -0.3 is 14.7 Å². The molecule has 172 valence electrons. The van der Waals surface area contributed by atoms with Gasteiger partial charge in [-0.25, -0.2) is 4.79 Å². The monoisotopic (exact) mass is 430 g/mol. The van der Waals surface area contributed by atoms with Crippen LogP contribution in [0.25, 0.3) is 0 Å². The van der Waals surface area contributed by atoms with Crippen molar-refractivity contribution in [3.63, 3.8) is 0 Å². The Morgan fingerprint density at radius 1 is 0.968 bits per heavy atom. The van der Waals surface area contributed by atoms with Gasteiger partial charge >= 0.3 is 6.09 Å². The first-order chi connectivity index (χ1) is 14.4. The molecule has 1 N–H and O–H groups in total. The molecule has 2 fully saturated rings. The molecule has 1 aromatic rings. The maximum atomic E-state index is 13.3. The topological polar surface area (TPSA) is 70.1 Å². The van der Waals surface area contributed by atoms with E-state index in [0.29, 0.717) is 32.0 Å². The van der Waals surface area contributed by atoms with E-state index in [2.05, 4.69) is 45.0 Å². The molecule has 2 aliphatic heterocycles. The summed E-state index contributed by atoms with van der Waals surface area (Å²) < 4.78 is 5.46. The molecule has 0 bridgehead atoms. The van der Waals surface area contributed by atoms with Gasteiger partial charge in [-0.05, 0) is 62.5 Å². The summed E-state index contributed by atoms with van der Waals surface area (Å²) in [5.74, 6) is 0.244. The van der Waals surface area contributed by atoms with Crippen molar-refractivity contribution in [2.24, 2.45) is 0 Å². The van der Waals surface area contributed by atoms with Crippen molar-refractivity contribution < 1.29 is 19.4 Å². The lowest BCUT2D eigenvalue weighted by atomic mass is 9.77. The highest BCUT2D eigenvalue weighted by Gasteiger charge is 2.45. The quantitative estimate of drug-likeness (QED) is 0.768. The smallest absolute Gasteiger partial charge is 0.411 e. The lowest BCUT2D eigenvalue weighted by Crippen LogP contribution is -2.53. The van der Waals surface area contributed by atoms with Gasteiger partial charge in [0.1, 0.15) is 11.6 Å². The average Bonchev–Trinajstić information content (AvgIpc) is 3.07. The van der Waals surface area contributed by atoms with Crippen molar-refractivity contribution in [2.45, 2.75) is 89.9 Å². The summed E-state index contributed by atoms with van der Waals surface area (Å²) in [5, 5.41) is 10.5. The Labute approximate surface area is 186 Å². The van der Waals surface area contributed by atoms with Crippen molar-refractivity contribution in [1.29, 1.82) is 0 Å². The number of carbonyl (C=O) groups is 2. The molecule has 1 unspecified atom stereocenters. The zero-order chi connectivity index (χ0) is 23.0. The van der Waals surface area contributed by atoms with E-state index in [-0.39, 0.29) is 11.3 Å². The molecule has 2 saturated heterocycles. The fourth-order valence-corrected chi connectivity index (χ4v) is 4.73. The Hall–Kier alpha value is -2.08. The normalized spacial score (nSPS) is 23.2. The van der Waals surface area contributed by atoms with Gasteiger partial charge in [0.2, 0.25) is 5.91 Å². The van der Waals surface area contributed by atoms with Gasteiger partial charge in [0.15, 0.2) is 0 Å². The number of hydrogen-bond acceptors (Lipinski definition) is 4. The van der Waals surface area contributed by atoms with Crippen molar-refractivity contribution >= 4 is 12.0 Å². The van der Waals surface area contributed by atoms with E-state index < -0.39 is 23.8 Å². The average molecular weight is 431 g/mol. The van der Waals surface area contributed by atoms with Crippen LogP contribution in [0.5, 0.6) is 0 Å². The molecule has 0 radical (unpaired) electrons. The number of rotatable bonds is 2. The van der Waals surface area contributed by atoms with Crippen LogP contribution in [0.1, 0.15) is 77.8 Å². The van der Waals surface area contributed by atoms with Crippen LogP contribution in [0.4, 0.5) is 4.79 Å². The van der Waals surface area contributed by atoms with Crippen LogP contribution in [0.15, 0.2) is 24.3 Å². The SMILES string of the molecule is CC(C)(C)OC(=O)N1CCC(O)[C@@H]1C(=O)N1CCC(c2ccccc2C(C)(C)C)CC1. The van der Waals surface area contributed by atoms with Gasteiger partial charge in [0.25, 0.3) is 0 Å². The summed E-state index contributed by atoms with van der Waals surface area (Å²) in [6, 6.07) is 7.76. The van der Waals surface area contributed by atoms with Crippen LogP contribution in [0.2, 0.25) is 0 Å². The Morgan fingerprint density at radius 2 is 1.58 bits per heavy atom. The van der Waals surface area contributed by atoms with E-state index in [4.69, 9.17) is 4.74 Å². The molecule has 0 aromatic heterocycles. The zero-order valence-electron chi connectivity index (χ0n) is 19.9. The molecule has 6 heteroatoms. The number of nitrogens with zero attached hydrogens (tertiary/aromatic N) is 2. The van der Waals surface area contributed by atoms with Gasteiger partial charge in [0.05, 0.1) is 6.10 Å². The number of piperidine rings is 1. The summed E-state index contributed by atoms with van der Waals surface area (Å²) in [6.45, 7) is 13.7. The second-order valence-corrected chi connectivity index (χ2v) is 10.9. The van der Waals surface area contributed by atoms with Crippen LogP contribution in [-0.4, -0.2) is 64.3 Å². The van der Waals surface area contributed by atoms with Crippen LogP contribution in [-0.2, 0) is 14.9 Å². The van der Waals surface area contributed by atoms with E-state index in [9.17, 15) is 14.7 Å². The molecule has 2 aliphatic rings. The van der Waals surface area contributed by atoms with Crippen LogP contribution in [0.3, 0.4) is 0 Å². The summed E-state index contributed by atoms with van der Waals surface area (Å²) in [7, 11) is 0. The van der Waals surface area contributed by atoms with E-state index in [1.54, 1.807) is 20.8 Å². The fraction of sp³-hybridized carbons (Fsp3) is 0.680. The first kappa shape index (κ1) is 23.6. The number of likely N-dealkylation sites (tertiary alicyclic amines) is 2. The van der Waals surface area contributed by atoms with Crippen molar-refractivity contribution in [3.05, 3.63) is 35.4 Å². The molecule has 6 nitrogen and oxygen atoms in total. The number of ether oxygens (including phenoxy) is 1. The van der Waals surface area contributed by atoms with Gasteiger partial charge in [-0.3, -0.25) is 9.69 Å². The van der Waals surface area contributed by atoms with Gasteiger partial charge in [-0.2, -0.15) is 0 Å². The van der Waals surface area contributed by atoms with Gasteiger partial charge in [-0.1, -0.05) is 45.0 Å². The first-order valence-electron chi connectivity index (χ1n) is 11.4. The van der Waals surface area contributed by atoms with E-state index in [1.165, 1.54) is 16.0 Å². The second kappa shape index (κ2) is 8.81. The number of aliphatic hydroxyl groups excluding tert-OH is 1. The third-order valence-electron chi connectivity index (χ3n) is 6.26. The van der Waals surface area contributed by atoms with Crippen molar-refractivity contribution in [2.75, 3.05) is 19.6 Å². The maximum Gasteiger partial charge on any atom is 0.411 e. The third-order valence-corrected chi connectivity index (χ3v) is 6.26. The van der Waals surface area contributed by atoms with Crippen LogP contribution in [0, 0.1) is 0 Å². The standard InChI is InChI=1S/C25H38N2O4/c1-24(2,3)19-10-8-7-9-18(19)17-11-14-26(15-12-17)22(29)21-20(28)13-16-27(21)23(30)31-25(4,5)6/h7-10,17,20-21,28H,11-16H2,1-6H3/t20?,21-/m1/s1. The zero-order valence-corrected chi connectivity index (χ0v) is 19.9. The Morgan fingerprint density at radius 3 is 2.16 bits per heavy atom. The van der Waals surface area contributed by atoms with Crippen LogP contribution < -0.4 is 0 Å². The number of hydrogen-bond donors (Lipinski definition) is 1. The number of benzene rings is 1. The van der Waals surface area contributed by atoms with E-state index in [1.807, 2.05) is 4.90 Å². The molecule has 1 aromatic carbocycles. The minimum atomic E-state index is -0.853. The van der Waals surface area contributed by atoms with E-state index in [0.717, 1.165) is 12.8 Å². The molecular weight excluding hydrogens is 392 g/mol. The predicted octanol–water partition coefficient (Wildman–Crippen LogP) is 4.06. The summed E-state index contributed by atoms with van der Waals surface area (Å²) in [4.78, 5) is 29.1. The van der Waals surface area contributed by atoms with E-state index >= 15 is 0 Å². The molecule has 2 amide bonds. The van der Waals surface area contributed by atoms with Gasteiger partial charge in [-0.15, -0.1) is 0 Å². The van der Waals surface area contributed by atoms with Crippen molar-refractivity contribution in [1.82, 2.24) is 9.80 Å². The second-order valence-electron chi connectivity index (χ2n) is 10.9. The highest BCUT2D eigenvalue weighted by molar-refractivity contribution is 5.87. The first-order valence-corrected chi connectivity index (χ1v) is 11.4. The minimum Gasteiger partial charge on any atom is -0.444 e. The largest absolute Gasteiger partial charge is 0.444 e. The highest BCUT2D eigenvalue weighted by Crippen LogP contribution is 2.36. The molecule has 31 heavy (non-hydrogen) atoms. The fourth-order valence-electron chi connectivity index (χ4n) is 4.73. The molecule has 2 heterocycles. The summed E-state index contributed by atoms with van der Waals surface area (Å²) >= 11 is 0. The predicted molar refractivity (Wildman–Crippen MR) is 121 cm³/mol. The number of aliphatic hydroxyl groups is 1. The maximum absolute atomic E-state index is 13.3. The van der Waals surface area contributed by atoms with Gasteiger partial charge in [0, 0.05) is 19.6 Å². The molecule has 3 rings (SSSR count). The lowest BCUT2D eigenvalue weighted by molar-refractivity contribution is -0.139. The lowest BCUT2D eigenvalue weighted by Gasteiger charge is -2.37. The molecular formula is C25H38N2O4. The number of carbonyl (C=O) groups excluding carboxylic acids is 2. The molecule has 2 atom stereocenters. The minimum absolute atomic E-state index is 0.0748. The summed E-state index contributed by atoms with van der Waals surface area (Å²) in [6.07, 6.45) is 0.781. The number of amides is 2. The Bertz CT molecular complexity index is 800. The van der Waals surface area contributed by atoms with Crippen LogP contribution >= 0.6 is 0 Å².